The summed E-state index contributed by atoms with van der Waals surface area (Å²) in [5, 5.41) is 2.13. The molecule has 0 spiro atoms. The van der Waals surface area contributed by atoms with Crippen LogP contribution in [-0.2, 0) is 14.4 Å². The van der Waals surface area contributed by atoms with Crippen LogP contribution in [0.2, 0.25) is 0 Å². The highest BCUT2D eigenvalue weighted by Gasteiger charge is 2.56. The molecule has 2 saturated heterocycles. The number of rotatable bonds is 3. The van der Waals surface area contributed by atoms with E-state index in [4.69, 9.17) is 0 Å². The molecule has 144 valence electrons. The Bertz CT molecular complexity index is 965. The summed E-state index contributed by atoms with van der Waals surface area (Å²) in [6, 6.07) is 1.32. The number of carbonyl (C=O) groups excluding carboxylic acids is 5. The molecule has 28 heavy (non-hydrogen) atoms. The summed E-state index contributed by atoms with van der Waals surface area (Å²) in [5.41, 5.74) is 0.201. The number of imide groups is 2. The molecule has 5 rings (SSSR count). The van der Waals surface area contributed by atoms with Gasteiger partial charge in [0, 0.05) is 25.4 Å². The number of aldehydes is 1. The number of carbonyl (C=O) groups is 5. The van der Waals surface area contributed by atoms with Gasteiger partial charge >= 0.3 is 0 Å². The van der Waals surface area contributed by atoms with Gasteiger partial charge in [0.25, 0.3) is 11.8 Å². The van der Waals surface area contributed by atoms with Crippen molar-refractivity contribution in [1.29, 1.82) is 0 Å². The van der Waals surface area contributed by atoms with Crippen molar-refractivity contribution in [3.63, 3.8) is 0 Å². The molecule has 3 fully saturated rings. The third kappa shape index (κ3) is 2.25. The molecule has 2 unspecified atom stereocenters. The predicted octanol–water partition coefficient (Wildman–Crippen LogP) is 0.108. The number of nitrogens with one attached hydrogen (secondary N) is 1. The third-order valence-corrected chi connectivity index (χ3v) is 6.27. The molecule has 0 radical (unpaired) electrons. The summed E-state index contributed by atoms with van der Waals surface area (Å²) in [7, 11) is 0. The standard InChI is InChI=1S/C19H16FN3O5/c20-13-3-8-9(4-15(13)22-5-10-11(6-22)12(10)7-24)19(28)23(18(8)27)14-1-2-16(25)21-17(14)26/h3-4,7,10-12,14H,1-2,5-6H2,(H,21,25,26)/t10-,11?,12+,14?/m0/s1. The minimum atomic E-state index is -1.08. The minimum Gasteiger partial charge on any atom is -0.369 e. The monoisotopic (exact) mass is 385 g/mol. The lowest BCUT2D eigenvalue weighted by atomic mass is 10.0. The van der Waals surface area contributed by atoms with Gasteiger partial charge in [0.2, 0.25) is 11.8 Å². The molecular formula is C19H16FN3O5. The first-order chi connectivity index (χ1) is 13.4. The lowest BCUT2D eigenvalue weighted by Gasteiger charge is -2.27. The average molecular weight is 385 g/mol. The van der Waals surface area contributed by atoms with Crippen LogP contribution in [0.15, 0.2) is 12.1 Å². The van der Waals surface area contributed by atoms with Crippen molar-refractivity contribution in [2.75, 3.05) is 18.0 Å². The van der Waals surface area contributed by atoms with Crippen molar-refractivity contribution in [3.05, 3.63) is 29.1 Å². The highest BCUT2D eigenvalue weighted by atomic mass is 19.1. The Labute approximate surface area is 158 Å². The van der Waals surface area contributed by atoms with E-state index in [1.807, 2.05) is 0 Å². The van der Waals surface area contributed by atoms with Gasteiger partial charge in [-0.1, -0.05) is 0 Å². The van der Waals surface area contributed by atoms with Crippen molar-refractivity contribution < 1.29 is 28.4 Å². The number of benzene rings is 1. The van der Waals surface area contributed by atoms with E-state index < -0.39 is 35.5 Å². The molecule has 1 aromatic carbocycles. The summed E-state index contributed by atoms with van der Waals surface area (Å²) >= 11 is 0. The quantitative estimate of drug-likeness (QED) is 0.585. The molecule has 8 nitrogen and oxygen atoms in total. The number of piperidine rings is 2. The largest absolute Gasteiger partial charge is 0.369 e. The lowest BCUT2D eigenvalue weighted by Crippen LogP contribution is -2.54. The van der Waals surface area contributed by atoms with Crippen LogP contribution < -0.4 is 10.2 Å². The van der Waals surface area contributed by atoms with E-state index in [1.54, 1.807) is 4.90 Å². The predicted molar refractivity (Wildman–Crippen MR) is 91.8 cm³/mol. The van der Waals surface area contributed by atoms with Gasteiger partial charge in [-0.15, -0.1) is 0 Å². The number of halogens is 1. The van der Waals surface area contributed by atoms with Crippen LogP contribution >= 0.6 is 0 Å². The molecule has 1 aromatic rings. The zero-order valence-corrected chi connectivity index (χ0v) is 14.7. The van der Waals surface area contributed by atoms with Gasteiger partial charge in [-0.3, -0.25) is 29.4 Å². The van der Waals surface area contributed by atoms with E-state index in [9.17, 15) is 28.4 Å². The Kier molecular flexibility index (Phi) is 3.47. The molecule has 0 bridgehead atoms. The number of anilines is 1. The molecule has 3 aliphatic heterocycles. The van der Waals surface area contributed by atoms with E-state index in [-0.39, 0.29) is 47.4 Å². The van der Waals surface area contributed by atoms with Crippen molar-refractivity contribution in [2.24, 2.45) is 17.8 Å². The van der Waals surface area contributed by atoms with Gasteiger partial charge in [0.1, 0.15) is 18.1 Å². The molecule has 1 saturated carbocycles. The third-order valence-electron chi connectivity index (χ3n) is 6.27. The summed E-state index contributed by atoms with van der Waals surface area (Å²) < 4.78 is 14.7. The van der Waals surface area contributed by atoms with Gasteiger partial charge in [-0.05, 0) is 30.4 Å². The first-order valence-electron chi connectivity index (χ1n) is 9.16. The second-order valence-electron chi connectivity index (χ2n) is 7.74. The van der Waals surface area contributed by atoms with Gasteiger partial charge in [-0.2, -0.15) is 0 Å². The molecule has 9 heteroatoms. The fourth-order valence-electron chi connectivity index (χ4n) is 4.69. The summed E-state index contributed by atoms with van der Waals surface area (Å²) in [5.74, 6) is -2.71. The Balaban J connectivity index is 1.44. The topological polar surface area (TPSA) is 104 Å². The van der Waals surface area contributed by atoms with E-state index in [2.05, 4.69) is 5.32 Å². The van der Waals surface area contributed by atoms with Crippen LogP contribution in [0.5, 0.6) is 0 Å². The summed E-state index contributed by atoms with van der Waals surface area (Å²) in [6.45, 7) is 1.06. The van der Waals surface area contributed by atoms with Crippen molar-refractivity contribution >= 4 is 35.6 Å². The minimum absolute atomic E-state index is 0.0257. The summed E-state index contributed by atoms with van der Waals surface area (Å²) in [6.07, 6.45) is 1.01. The smallest absolute Gasteiger partial charge is 0.262 e. The van der Waals surface area contributed by atoms with Crippen molar-refractivity contribution in [2.45, 2.75) is 18.9 Å². The maximum absolute atomic E-state index is 14.7. The molecule has 1 aliphatic carbocycles. The summed E-state index contributed by atoms with van der Waals surface area (Å²) in [4.78, 5) is 62.5. The fraction of sp³-hybridized carbons (Fsp3) is 0.421. The van der Waals surface area contributed by atoms with Gasteiger partial charge < -0.3 is 9.69 Å². The molecule has 4 atom stereocenters. The number of nitrogens with zero attached hydrogens (tertiary/aromatic N) is 2. The van der Waals surface area contributed by atoms with E-state index >= 15 is 0 Å². The molecule has 1 N–H and O–H groups in total. The molecule has 4 amide bonds. The molecule has 3 heterocycles. The number of hydrogen-bond acceptors (Lipinski definition) is 6. The molecule has 0 aromatic heterocycles. The second-order valence-corrected chi connectivity index (χ2v) is 7.74. The maximum Gasteiger partial charge on any atom is 0.262 e. The SMILES string of the molecule is O=C[C@H]1C2CN(c3cc4c(cc3F)C(=O)N(C3CCC(=O)NC3=O)C4=O)C[C@@H]21. The van der Waals surface area contributed by atoms with Crippen LogP contribution in [0.3, 0.4) is 0 Å². The number of hydrogen-bond donors (Lipinski definition) is 1. The van der Waals surface area contributed by atoms with Crippen molar-refractivity contribution in [1.82, 2.24) is 10.2 Å². The van der Waals surface area contributed by atoms with Crippen LogP contribution in [0.25, 0.3) is 0 Å². The van der Waals surface area contributed by atoms with Gasteiger partial charge in [-0.25, -0.2) is 4.39 Å². The lowest BCUT2D eigenvalue weighted by molar-refractivity contribution is -0.136. The number of fused-ring (bicyclic) bond motifs is 2. The molecular weight excluding hydrogens is 369 g/mol. The van der Waals surface area contributed by atoms with Crippen LogP contribution in [0.4, 0.5) is 10.1 Å². The highest BCUT2D eigenvalue weighted by molar-refractivity contribution is 6.23. The maximum atomic E-state index is 14.7. The van der Waals surface area contributed by atoms with Gasteiger partial charge in [0.05, 0.1) is 16.8 Å². The van der Waals surface area contributed by atoms with E-state index in [0.717, 1.165) is 17.3 Å². The molecule has 4 aliphatic rings. The van der Waals surface area contributed by atoms with Crippen LogP contribution in [0.1, 0.15) is 33.6 Å². The fourth-order valence-corrected chi connectivity index (χ4v) is 4.69. The van der Waals surface area contributed by atoms with E-state index in [0.29, 0.717) is 13.1 Å². The van der Waals surface area contributed by atoms with Crippen LogP contribution in [-0.4, -0.2) is 53.9 Å². The van der Waals surface area contributed by atoms with E-state index in [1.165, 1.54) is 6.07 Å². The zero-order valence-electron chi connectivity index (χ0n) is 14.7. The first-order valence-corrected chi connectivity index (χ1v) is 9.16. The van der Waals surface area contributed by atoms with Crippen molar-refractivity contribution in [3.8, 4) is 0 Å². The Morgan fingerprint density at radius 3 is 2.29 bits per heavy atom. The second kappa shape index (κ2) is 5.70. The zero-order chi connectivity index (χ0) is 19.7. The Morgan fingerprint density at radius 2 is 1.68 bits per heavy atom. The Hall–Kier alpha value is -3.10. The number of amides is 4. The highest BCUT2D eigenvalue weighted by Crippen LogP contribution is 2.51. The van der Waals surface area contributed by atoms with Crippen LogP contribution in [0, 0.1) is 23.6 Å². The Morgan fingerprint density at radius 1 is 1.04 bits per heavy atom. The first kappa shape index (κ1) is 17.0. The van der Waals surface area contributed by atoms with Gasteiger partial charge in [0.15, 0.2) is 0 Å². The average Bonchev–Trinajstić information content (AvgIpc) is 3.02. The normalized spacial score (nSPS) is 31.0.